The fraction of sp³-hybridized carbons (Fsp3) is 0.625. The average molecular weight is 314 g/mol. The molecule has 0 amide bonds. The zero-order chi connectivity index (χ0) is 15.7. The maximum Gasteiger partial charge on any atom is 0.0587 e. The van der Waals surface area contributed by atoms with E-state index >= 15 is 0 Å². The van der Waals surface area contributed by atoms with Crippen molar-refractivity contribution in [2.24, 2.45) is 0 Å². The fourth-order valence-corrected chi connectivity index (χ4v) is 2.31. The van der Waals surface area contributed by atoms with Crippen molar-refractivity contribution in [2.45, 2.75) is 13.0 Å². The SMILES string of the molecule is COCCNCc1ccc(N(C)CCCN(C)C)cc1Cl. The number of anilines is 1. The van der Waals surface area contributed by atoms with Crippen LogP contribution in [-0.4, -0.2) is 59.4 Å². The topological polar surface area (TPSA) is 27.7 Å². The summed E-state index contributed by atoms with van der Waals surface area (Å²) in [5.41, 5.74) is 2.29. The van der Waals surface area contributed by atoms with Crippen LogP contribution in [0.4, 0.5) is 5.69 Å². The van der Waals surface area contributed by atoms with E-state index in [0.29, 0.717) is 6.61 Å². The first kappa shape index (κ1) is 18.2. The van der Waals surface area contributed by atoms with E-state index in [9.17, 15) is 0 Å². The van der Waals surface area contributed by atoms with E-state index in [-0.39, 0.29) is 0 Å². The molecule has 0 saturated heterocycles. The molecular weight excluding hydrogens is 286 g/mol. The van der Waals surface area contributed by atoms with Gasteiger partial charge >= 0.3 is 0 Å². The standard InChI is InChI=1S/C16H28ClN3O/c1-19(2)9-5-10-20(3)15-7-6-14(16(17)12-15)13-18-8-11-21-4/h6-7,12,18H,5,8-11,13H2,1-4H3. The van der Waals surface area contributed by atoms with Crippen LogP contribution in [0.2, 0.25) is 5.02 Å². The lowest BCUT2D eigenvalue weighted by atomic mass is 10.2. The molecule has 0 aliphatic carbocycles. The Bertz CT molecular complexity index is 413. The minimum absolute atomic E-state index is 0.713. The van der Waals surface area contributed by atoms with Crippen LogP contribution in [0.1, 0.15) is 12.0 Å². The molecule has 0 unspecified atom stereocenters. The predicted molar refractivity (Wildman–Crippen MR) is 91.5 cm³/mol. The third-order valence-corrected chi connectivity index (χ3v) is 3.73. The van der Waals surface area contributed by atoms with Crippen LogP contribution in [0.15, 0.2) is 18.2 Å². The summed E-state index contributed by atoms with van der Waals surface area (Å²) in [4.78, 5) is 4.45. The van der Waals surface area contributed by atoms with Crippen LogP contribution in [-0.2, 0) is 11.3 Å². The molecule has 0 spiro atoms. The summed E-state index contributed by atoms with van der Waals surface area (Å²) in [6.45, 7) is 4.44. The van der Waals surface area contributed by atoms with Crippen molar-refractivity contribution in [1.29, 1.82) is 0 Å². The normalized spacial score (nSPS) is 11.1. The van der Waals surface area contributed by atoms with Gasteiger partial charge in [-0.15, -0.1) is 0 Å². The van der Waals surface area contributed by atoms with Gasteiger partial charge in [0.25, 0.3) is 0 Å². The van der Waals surface area contributed by atoms with Gasteiger partial charge in [-0.2, -0.15) is 0 Å². The Balaban J connectivity index is 2.48. The van der Waals surface area contributed by atoms with Crippen molar-refractivity contribution in [3.05, 3.63) is 28.8 Å². The summed E-state index contributed by atoms with van der Waals surface area (Å²) in [5.74, 6) is 0. The van der Waals surface area contributed by atoms with Crippen molar-refractivity contribution in [3.8, 4) is 0 Å². The van der Waals surface area contributed by atoms with Crippen molar-refractivity contribution >= 4 is 17.3 Å². The summed E-state index contributed by atoms with van der Waals surface area (Å²) >= 11 is 6.36. The molecular formula is C16H28ClN3O. The molecule has 0 saturated carbocycles. The van der Waals surface area contributed by atoms with Gasteiger partial charge in [0.1, 0.15) is 0 Å². The number of rotatable bonds is 10. The molecule has 0 bridgehead atoms. The van der Waals surface area contributed by atoms with E-state index in [1.165, 1.54) is 5.69 Å². The molecule has 0 radical (unpaired) electrons. The quantitative estimate of drug-likeness (QED) is 0.672. The molecule has 0 atom stereocenters. The third kappa shape index (κ3) is 7.14. The van der Waals surface area contributed by atoms with Gasteiger partial charge in [-0.1, -0.05) is 17.7 Å². The molecule has 0 aliphatic rings. The number of nitrogens with one attached hydrogen (secondary N) is 1. The van der Waals surface area contributed by atoms with Gasteiger partial charge in [-0.05, 0) is 44.8 Å². The van der Waals surface area contributed by atoms with Crippen LogP contribution >= 0.6 is 11.6 Å². The van der Waals surface area contributed by atoms with Crippen molar-refractivity contribution in [2.75, 3.05) is 59.4 Å². The molecule has 1 aromatic carbocycles. The highest BCUT2D eigenvalue weighted by Crippen LogP contribution is 2.23. The summed E-state index contributed by atoms with van der Waals surface area (Å²) in [5, 5.41) is 4.13. The van der Waals surface area contributed by atoms with E-state index in [1.807, 2.05) is 6.07 Å². The lowest BCUT2D eigenvalue weighted by molar-refractivity contribution is 0.199. The largest absolute Gasteiger partial charge is 0.383 e. The van der Waals surface area contributed by atoms with Gasteiger partial charge < -0.3 is 19.9 Å². The number of hydrogen-bond acceptors (Lipinski definition) is 4. The fourth-order valence-electron chi connectivity index (χ4n) is 2.07. The van der Waals surface area contributed by atoms with E-state index < -0.39 is 0 Å². The minimum atomic E-state index is 0.713. The second-order valence-electron chi connectivity index (χ2n) is 5.52. The highest BCUT2D eigenvalue weighted by molar-refractivity contribution is 6.31. The highest BCUT2D eigenvalue weighted by atomic mass is 35.5. The van der Waals surface area contributed by atoms with E-state index in [2.05, 4.69) is 48.4 Å². The van der Waals surface area contributed by atoms with Crippen LogP contribution in [0.25, 0.3) is 0 Å². The second kappa shape index (κ2) is 10.0. The van der Waals surface area contributed by atoms with E-state index in [0.717, 1.165) is 43.2 Å². The minimum Gasteiger partial charge on any atom is -0.383 e. The number of benzene rings is 1. The maximum atomic E-state index is 6.36. The van der Waals surface area contributed by atoms with Crippen molar-refractivity contribution < 1.29 is 4.74 Å². The average Bonchev–Trinajstić information content (AvgIpc) is 2.44. The molecule has 0 aliphatic heterocycles. The number of ether oxygens (including phenoxy) is 1. The molecule has 5 heteroatoms. The van der Waals surface area contributed by atoms with Gasteiger partial charge in [-0.25, -0.2) is 0 Å². The Kier molecular flexibility index (Phi) is 8.69. The van der Waals surface area contributed by atoms with Crippen LogP contribution in [0, 0.1) is 0 Å². The molecule has 1 rings (SSSR count). The Morgan fingerprint density at radius 3 is 2.57 bits per heavy atom. The van der Waals surface area contributed by atoms with Crippen LogP contribution in [0.5, 0.6) is 0 Å². The predicted octanol–water partition coefficient (Wildman–Crippen LogP) is 2.46. The molecule has 0 aromatic heterocycles. The summed E-state index contributed by atoms with van der Waals surface area (Å²) < 4.78 is 5.01. The van der Waals surface area contributed by atoms with Crippen molar-refractivity contribution in [1.82, 2.24) is 10.2 Å². The monoisotopic (exact) mass is 313 g/mol. The highest BCUT2D eigenvalue weighted by Gasteiger charge is 2.05. The van der Waals surface area contributed by atoms with Gasteiger partial charge in [0.15, 0.2) is 0 Å². The molecule has 1 N–H and O–H groups in total. The molecule has 120 valence electrons. The molecule has 0 heterocycles. The molecule has 4 nitrogen and oxygen atoms in total. The van der Waals surface area contributed by atoms with Gasteiger partial charge in [0, 0.05) is 44.5 Å². The number of methoxy groups -OCH3 is 1. The first-order valence-corrected chi connectivity index (χ1v) is 7.76. The lowest BCUT2D eigenvalue weighted by Crippen LogP contribution is -2.23. The second-order valence-corrected chi connectivity index (χ2v) is 5.93. The number of hydrogen-bond donors (Lipinski definition) is 1. The summed E-state index contributed by atoms with van der Waals surface area (Å²) in [6.07, 6.45) is 1.14. The Morgan fingerprint density at radius 2 is 1.95 bits per heavy atom. The van der Waals surface area contributed by atoms with Gasteiger partial charge in [-0.3, -0.25) is 0 Å². The van der Waals surface area contributed by atoms with Gasteiger partial charge in [0.2, 0.25) is 0 Å². The lowest BCUT2D eigenvalue weighted by Gasteiger charge is -2.21. The Morgan fingerprint density at radius 1 is 1.19 bits per heavy atom. The summed E-state index contributed by atoms with van der Waals surface area (Å²) in [6, 6.07) is 6.28. The van der Waals surface area contributed by atoms with E-state index in [4.69, 9.17) is 16.3 Å². The molecule has 1 aromatic rings. The van der Waals surface area contributed by atoms with Crippen LogP contribution < -0.4 is 10.2 Å². The molecule has 0 fully saturated rings. The zero-order valence-electron chi connectivity index (χ0n) is 13.7. The van der Waals surface area contributed by atoms with E-state index in [1.54, 1.807) is 7.11 Å². The first-order chi connectivity index (χ1) is 10.0. The summed E-state index contributed by atoms with van der Waals surface area (Å²) in [7, 11) is 8.01. The Labute approximate surface area is 134 Å². The first-order valence-electron chi connectivity index (χ1n) is 7.38. The number of halogens is 1. The van der Waals surface area contributed by atoms with Crippen LogP contribution in [0.3, 0.4) is 0 Å². The smallest absolute Gasteiger partial charge is 0.0587 e. The number of nitrogens with zero attached hydrogens (tertiary/aromatic N) is 2. The van der Waals surface area contributed by atoms with Gasteiger partial charge in [0.05, 0.1) is 6.61 Å². The maximum absolute atomic E-state index is 6.36. The molecule has 21 heavy (non-hydrogen) atoms. The zero-order valence-corrected chi connectivity index (χ0v) is 14.4. The third-order valence-electron chi connectivity index (χ3n) is 3.37. The Hall–Kier alpha value is -0.810. The van der Waals surface area contributed by atoms with Crippen molar-refractivity contribution in [3.63, 3.8) is 0 Å².